The molecule has 3 heteroatoms. The van der Waals surface area contributed by atoms with E-state index in [4.69, 9.17) is 9.97 Å². The summed E-state index contributed by atoms with van der Waals surface area (Å²) in [6.45, 7) is 0. The van der Waals surface area contributed by atoms with Gasteiger partial charge in [-0.2, -0.15) is 0 Å². The van der Waals surface area contributed by atoms with Crippen molar-refractivity contribution in [1.82, 2.24) is 9.97 Å². The molecule has 0 spiro atoms. The minimum atomic E-state index is 0.613. The average Bonchev–Trinajstić information content (AvgIpc) is 2.89. The van der Waals surface area contributed by atoms with E-state index in [0.717, 1.165) is 45.5 Å². The molecule has 0 saturated heterocycles. The molecular weight excluding hydrogens is 392 g/mol. The summed E-state index contributed by atoms with van der Waals surface area (Å²) in [5.74, 6) is 0.653. The fraction of sp³-hybridized carbons (Fsp3) is 0. The third-order valence-corrected chi connectivity index (χ3v) is 5.32. The fourth-order valence-electron chi connectivity index (χ4n) is 3.73. The van der Waals surface area contributed by atoms with Crippen LogP contribution in [0.1, 0.15) is 10.4 Å². The van der Waals surface area contributed by atoms with Crippen molar-refractivity contribution < 1.29 is 4.79 Å². The highest BCUT2D eigenvalue weighted by atomic mass is 16.1. The van der Waals surface area contributed by atoms with Gasteiger partial charge in [0.2, 0.25) is 0 Å². The fourth-order valence-corrected chi connectivity index (χ4v) is 3.73. The van der Waals surface area contributed by atoms with E-state index in [0.29, 0.717) is 11.4 Å². The van der Waals surface area contributed by atoms with E-state index < -0.39 is 0 Å². The van der Waals surface area contributed by atoms with Gasteiger partial charge in [0, 0.05) is 22.3 Å². The second kappa shape index (κ2) is 8.78. The van der Waals surface area contributed by atoms with Gasteiger partial charge in [-0.3, -0.25) is 4.79 Å². The molecule has 0 unspecified atom stereocenters. The Labute approximate surface area is 187 Å². The molecule has 3 nitrogen and oxygen atoms in total. The smallest absolute Gasteiger partial charge is 0.160 e. The Morgan fingerprint density at radius 1 is 0.469 bits per heavy atom. The van der Waals surface area contributed by atoms with Crippen LogP contribution in [0.5, 0.6) is 0 Å². The van der Waals surface area contributed by atoms with Crippen LogP contribution in [0.15, 0.2) is 115 Å². The molecule has 0 saturated carbocycles. The van der Waals surface area contributed by atoms with E-state index in [1.54, 1.807) is 0 Å². The lowest BCUT2D eigenvalue weighted by Gasteiger charge is -2.11. The van der Waals surface area contributed by atoms with Gasteiger partial charge in [-0.15, -0.1) is 0 Å². The number of nitrogens with zero attached hydrogens (tertiary/aromatic N) is 2. The maximum absolute atomic E-state index is 11.7. The van der Waals surface area contributed by atoms with Crippen molar-refractivity contribution in [2.75, 3.05) is 0 Å². The Kier molecular flexibility index (Phi) is 5.38. The monoisotopic (exact) mass is 412 g/mol. The van der Waals surface area contributed by atoms with E-state index in [9.17, 15) is 4.79 Å². The van der Waals surface area contributed by atoms with Crippen molar-refractivity contribution in [3.05, 3.63) is 121 Å². The molecule has 0 atom stereocenters. The van der Waals surface area contributed by atoms with Gasteiger partial charge in [-0.05, 0) is 35.4 Å². The van der Waals surface area contributed by atoms with Crippen LogP contribution in [-0.2, 0) is 0 Å². The summed E-state index contributed by atoms with van der Waals surface area (Å²) in [6, 6.07) is 37.9. The van der Waals surface area contributed by atoms with Crippen LogP contribution in [-0.4, -0.2) is 16.3 Å². The quantitative estimate of drug-likeness (QED) is 0.293. The van der Waals surface area contributed by atoms with Crippen LogP contribution in [0.3, 0.4) is 0 Å². The SMILES string of the molecule is O=Cc1cc(-c2ccccc2)cc(-c2cc(-c3ccccc3)nc(-c3ccccc3)n2)c1. The third kappa shape index (κ3) is 4.09. The molecule has 5 aromatic rings. The number of hydrogen-bond donors (Lipinski definition) is 0. The maximum Gasteiger partial charge on any atom is 0.160 e. The Hall–Kier alpha value is -4.37. The van der Waals surface area contributed by atoms with Gasteiger partial charge in [-0.25, -0.2) is 9.97 Å². The maximum atomic E-state index is 11.7. The molecule has 0 aliphatic carbocycles. The highest BCUT2D eigenvalue weighted by molar-refractivity contribution is 5.84. The van der Waals surface area contributed by atoms with E-state index >= 15 is 0 Å². The van der Waals surface area contributed by atoms with Crippen molar-refractivity contribution in [3.8, 4) is 45.0 Å². The molecule has 0 aliphatic rings. The minimum Gasteiger partial charge on any atom is -0.298 e. The van der Waals surface area contributed by atoms with Crippen molar-refractivity contribution >= 4 is 6.29 Å². The standard InChI is InChI=1S/C29H20N2O/c32-20-21-16-25(22-10-4-1-5-11-22)18-26(17-21)28-19-27(23-12-6-2-7-13-23)30-29(31-28)24-14-8-3-9-15-24/h1-20H. The molecule has 0 aliphatic heterocycles. The number of benzene rings is 4. The van der Waals surface area contributed by atoms with E-state index in [-0.39, 0.29) is 0 Å². The molecule has 0 radical (unpaired) electrons. The third-order valence-electron chi connectivity index (χ3n) is 5.32. The molecule has 0 bridgehead atoms. The predicted molar refractivity (Wildman–Crippen MR) is 129 cm³/mol. The second-order valence-electron chi connectivity index (χ2n) is 7.52. The summed E-state index contributed by atoms with van der Waals surface area (Å²) in [6.07, 6.45) is 0.882. The normalized spacial score (nSPS) is 10.6. The first-order valence-corrected chi connectivity index (χ1v) is 10.5. The molecule has 1 aromatic heterocycles. The van der Waals surface area contributed by atoms with Gasteiger partial charge in [0.25, 0.3) is 0 Å². The molecular formula is C29H20N2O. The summed E-state index contributed by atoms with van der Waals surface area (Å²) in [5.41, 5.74) is 7.10. The highest BCUT2D eigenvalue weighted by Crippen LogP contribution is 2.31. The van der Waals surface area contributed by atoms with Crippen molar-refractivity contribution in [2.24, 2.45) is 0 Å². The highest BCUT2D eigenvalue weighted by Gasteiger charge is 2.12. The number of hydrogen-bond acceptors (Lipinski definition) is 3. The Bertz CT molecular complexity index is 1310. The number of aromatic nitrogens is 2. The van der Waals surface area contributed by atoms with Gasteiger partial charge in [0.15, 0.2) is 5.82 Å². The Balaban J connectivity index is 1.72. The zero-order valence-corrected chi connectivity index (χ0v) is 17.3. The molecule has 152 valence electrons. The molecule has 1 heterocycles. The van der Waals surface area contributed by atoms with Gasteiger partial charge < -0.3 is 0 Å². The summed E-state index contributed by atoms with van der Waals surface area (Å²) >= 11 is 0. The summed E-state index contributed by atoms with van der Waals surface area (Å²) in [4.78, 5) is 21.4. The van der Waals surface area contributed by atoms with Crippen molar-refractivity contribution in [3.63, 3.8) is 0 Å². The van der Waals surface area contributed by atoms with Crippen LogP contribution in [0.25, 0.3) is 45.0 Å². The van der Waals surface area contributed by atoms with Crippen LogP contribution in [0.4, 0.5) is 0 Å². The van der Waals surface area contributed by atoms with Crippen LogP contribution in [0, 0.1) is 0 Å². The van der Waals surface area contributed by atoms with E-state index in [2.05, 4.69) is 6.07 Å². The van der Waals surface area contributed by atoms with Gasteiger partial charge in [0.1, 0.15) is 6.29 Å². The van der Waals surface area contributed by atoms with Crippen molar-refractivity contribution in [1.29, 1.82) is 0 Å². The topological polar surface area (TPSA) is 42.9 Å². The Morgan fingerprint density at radius 3 is 1.56 bits per heavy atom. The molecule has 0 fully saturated rings. The van der Waals surface area contributed by atoms with Crippen LogP contribution in [0.2, 0.25) is 0 Å². The number of carbonyl (C=O) groups is 1. The van der Waals surface area contributed by atoms with Crippen LogP contribution >= 0.6 is 0 Å². The summed E-state index contributed by atoms with van der Waals surface area (Å²) in [5, 5.41) is 0. The first-order valence-electron chi connectivity index (χ1n) is 10.5. The summed E-state index contributed by atoms with van der Waals surface area (Å²) < 4.78 is 0. The van der Waals surface area contributed by atoms with Gasteiger partial charge >= 0.3 is 0 Å². The second-order valence-corrected chi connectivity index (χ2v) is 7.52. The minimum absolute atomic E-state index is 0.613. The first kappa shape index (κ1) is 19.6. The zero-order valence-electron chi connectivity index (χ0n) is 17.3. The van der Waals surface area contributed by atoms with E-state index in [1.165, 1.54) is 0 Å². The van der Waals surface area contributed by atoms with Crippen LogP contribution < -0.4 is 0 Å². The Morgan fingerprint density at radius 2 is 0.969 bits per heavy atom. The largest absolute Gasteiger partial charge is 0.298 e. The number of carbonyl (C=O) groups excluding carboxylic acids is 1. The predicted octanol–water partition coefficient (Wildman–Crippen LogP) is 6.96. The molecule has 0 amide bonds. The lowest BCUT2D eigenvalue weighted by atomic mass is 9.98. The number of rotatable bonds is 5. The van der Waals surface area contributed by atoms with E-state index in [1.807, 2.05) is 109 Å². The lowest BCUT2D eigenvalue weighted by Crippen LogP contribution is -1.96. The van der Waals surface area contributed by atoms with Gasteiger partial charge in [-0.1, -0.05) is 91.0 Å². The van der Waals surface area contributed by atoms with Crippen molar-refractivity contribution in [2.45, 2.75) is 0 Å². The molecule has 5 rings (SSSR count). The molecule has 4 aromatic carbocycles. The molecule has 0 N–H and O–H groups in total. The van der Waals surface area contributed by atoms with Gasteiger partial charge in [0.05, 0.1) is 11.4 Å². The number of aldehydes is 1. The first-order chi connectivity index (χ1) is 15.8. The lowest BCUT2D eigenvalue weighted by molar-refractivity contribution is 0.112. The average molecular weight is 412 g/mol. The molecule has 32 heavy (non-hydrogen) atoms. The summed E-state index contributed by atoms with van der Waals surface area (Å²) in [7, 11) is 0. The zero-order chi connectivity index (χ0) is 21.8.